The Bertz CT molecular complexity index is 1950. The molecule has 0 aliphatic heterocycles. The molecule has 1 aliphatic carbocycles. The van der Waals surface area contributed by atoms with Crippen LogP contribution >= 0.6 is 0 Å². The Morgan fingerprint density at radius 2 is 0.459 bits per heavy atom. The molecule has 4 rings (SSSR count). The lowest BCUT2D eigenvalue weighted by Gasteiger charge is -2.48. The Labute approximate surface area is 374 Å². The summed E-state index contributed by atoms with van der Waals surface area (Å²) in [6.45, 7) is 24.5. The molecule has 9 nitrogen and oxygen atoms in total. The summed E-state index contributed by atoms with van der Waals surface area (Å²) in [6.07, 6.45) is 0. The smallest absolute Gasteiger partial charge is 0.178 e. The minimum Gasteiger partial charge on any atom is -0.376 e. The van der Waals surface area contributed by atoms with Gasteiger partial charge in [0.1, 0.15) is 0 Å². The standard InChI is InChI=1S/C51H85N9Si/c1-29-30(2)32(4)48(31(29)3)61(49-33(5)39(52(11)12)45(58(23)24)40(34(49)6)53(13)14,50-35(7)41(54(15)16)46(59(25)26)42(36(50)8)55(17)18)51-37(9)43(56(19)20)47(60(27)28)44(38(51)10)57(21)22/h31H,1-28H3. The van der Waals surface area contributed by atoms with Gasteiger partial charge in [0.15, 0.2) is 8.07 Å². The number of anilines is 9. The molecule has 0 heterocycles. The summed E-state index contributed by atoms with van der Waals surface area (Å²) < 4.78 is 0. The maximum Gasteiger partial charge on any atom is 0.178 e. The van der Waals surface area contributed by atoms with Crippen molar-refractivity contribution in [1.29, 1.82) is 0 Å². The van der Waals surface area contributed by atoms with Crippen molar-refractivity contribution in [3.63, 3.8) is 0 Å². The molecule has 3 aromatic rings. The first kappa shape index (κ1) is 49.2. The second kappa shape index (κ2) is 17.4. The maximum atomic E-state index is 2.52. The lowest BCUT2D eigenvalue weighted by atomic mass is 10.0. The van der Waals surface area contributed by atoms with Crippen LogP contribution in [0, 0.1) is 47.5 Å². The molecule has 0 aromatic heterocycles. The molecule has 0 fully saturated rings. The predicted octanol–water partition coefficient (Wildman–Crippen LogP) is 7.44. The molecule has 61 heavy (non-hydrogen) atoms. The van der Waals surface area contributed by atoms with Gasteiger partial charge in [-0.05, 0) is 123 Å². The summed E-state index contributed by atoms with van der Waals surface area (Å²) >= 11 is 0. The first-order valence-electron chi connectivity index (χ1n) is 22.0. The number of rotatable bonds is 13. The average molecular weight is 852 g/mol. The highest BCUT2D eigenvalue weighted by Crippen LogP contribution is 2.51. The van der Waals surface area contributed by atoms with Gasteiger partial charge in [-0.25, -0.2) is 0 Å². The third kappa shape index (κ3) is 7.32. The van der Waals surface area contributed by atoms with Crippen LogP contribution in [0.1, 0.15) is 61.1 Å². The molecule has 0 N–H and O–H groups in total. The SMILES string of the molecule is CC1=C(C)C(C)C([Si](c2c(C)c(N(C)C)c(N(C)C)c(N(C)C)c2C)(c2c(C)c(N(C)C)c(N(C)C)c(N(C)C)c2C)c2c(C)c(N(C)C)c(N(C)C)c(N(C)C)c2C)=C1C. The Kier molecular flexibility index (Phi) is 14.0. The normalized spacial score (nSPS) is 14.3. The van der Waals surface area contributed by atoms with E-state index in [9.17, 15) is 0 Å². The summed E-state index contributed by atoms with van der Waals surface area (Å²) in [7, 11) is 36.7. The van der Waals surface area contributed by atoms with Gasteiger partial charge in [0.25, 0.3) is 0 Å². The first-order valence-corrected chi connectivity index (χ1v) is 24.0. The Morgan fingerprint density at radius 1 is 0.279 bits per heavy atom. The van der Waals surface area contributed by atoms with Crippen LogP contribution in [0.2, 0.25) is 0 Å². The Balaban J connectivity index is 2.85. The van der Waals surface area contributed by atoms with Crippen LogP contribution in [0.5, 0.6) is 0 Å². The number of hydrogen-bond donors (Lipinski definition) is 0. The van der Waals surface area contributed by atoms with Crippen molar-refractivity contribution in [2.75, 3.05) is 171 Å². The summed E-state index contributed by atoms with van der Waals surface area (Å²) in [4.78, 5) is 21.3. The van der Waals surface area contributed by atoms with Gasteiger partial charge in [0.05, 0.1) is 51.2 Å². The van der Waals surface area contributed by atoms with Crippen LogP contribution in [-0.2, 0) is 0 Å². The van der Waals surface area contributed by atoms with Crippen molar-refractivity contribution in [3.05, 3.63) is 55.3 Å². The van der Waals surface area contributed by atoms with E-state index in [1.54, 1.807) is 5.20 Å². The fraction of sp³-hybridized carbons (Fsp3) is 0.569. The molecular formula is C51H85N9Si. The van der Waals surface area contributed by atoms with Crippen molar-refractivity contribution in [2.24, 2.45) is 5.92 Å². The van der Waals surface area contributed by atoms with Crippen LogP contribution in [0.15, 0.2) is 21.9 Å². The molecule has 1 atom stereocenters. The highest BCUT2D eigenvalue weighted by atomic mass is 28.3. The molecule has 0 spiro atoms. The number of benzene rings is 3. The molecule has 0 saturated carbocycles. The molecule has 10 heteroatoms. The van der Waals surface area contributed by atoms with Gasteiger partial charge >= 0.3 is 0 Å². The van der Waals surface area contributed by atoms with Gasteiger partial charge in [-0.2, -0.15) is 0 Å². The van der Waals surface area contributed by atoms with Crippen LogP contribution in [0.3, 0.4) is 0 Å². The second-order valence-corrected chi connectivity index (χ2v) is 23.4. The van der Waals surface area contributed by atoms with Gasteiger partial charge in [0, 0.05) is 127 Å². The van der Waals surface area contributed by atoms with Gasteiger partial charge in [-0.15, -0.1) is 0 Å². The lowest BCUT2D eigenvalue weighted by Crippen LogP contribution is -2.73. The topological polar surface area (TPSA) is 29.2 Å². The quantitative estimate of drug-likeness (QED) is 0.129. The summed E-state index contributed by atoms with van der Waals surface area (Å²) in [5.74, 6) is 0.223. The molecule has 3 aromatic carbocycles. The van der Waals surface area contributed by atoms with E-state index in [1.807, 2.05) is 0 Å². The minimum absolute atomic E-state index is 0.223. The van der Waals surface area contributed by atoms with Crippen LogP contribution in [0.25, 0.3) is 0 Å². The second-order valence-electron chi connectivity index (χ2n) is 19.9. The zero-order valence-corrected chi connectivity index (χ0v) is 45.1. The van der Waals surface area contributed by atoms with Crippen molar-refractivity contribution in [1.82, 2.24) is 0 Å². The minimum atomic E-state index is -3.48. The van der Waals surface area contributed by atoms with Crippen molar-refractivity contribution in [3.8, 4) is 0 Å². The largest absolute Gasteiger partial charge is 0.376 e. The van der Waals surface area contributed by atoms with E-state index < -0.39 is 8.07 Å². The van der Waals surface area contributed by atoms with E-state index in [1.165, 1.54) is 117 Å². The molecule has 1 unspecified atom stereocenters. The molecule has 0 bridgehead atoms. The number of hydrogen-bond acceptors (Lipinski definition) is 9. The van der Waals surface area contributed by atoms with Gasteiger partial charge in [0.2, 0.25) is 0 Å². The van der Waals surface area contributed by atoms with E-state index in [2.05, 4.69) is 240 Å². The number of nitrogens with zero attached hydrogens (tertiary/aromatic N) is 9. The summed E-state index contributed by atoms with van der Waals surface area (Å²) in [5, 5.41) is 6.12. The molecule has 0 saturated heterocycles. The highest BCUT2D eigenvalue weighted by Gasteiger charge is 2.55. The molecule has 0 radical (unpaired) electrons. The van der Waals surface area contributed by atoms with Gasteiger partial charge in [-0.1, -0.05) is 23.3 Å². The van der Waals surface area contributed by atoms with Crippen molar-refractivity contribution in [2.45, 2.75) is 69.2 Å². The molecule has 1 aliphatic rings. The van der Waals surface area contributed by atoms with E-state index in [-0.39, 0.29) is 5.92 Å². The molecule has 0 amide bonds. The monoisotopic (exact) mass is 852 g/mol. The summed E-state index contributed by atoms with van der Waals surface area (Å²) in [6, 6.07) is 0. The van der Waals surface area contributed by atoms with E-state index >= 15 is 0 Å². The molecule has 338 valence electrons. The van der Waals surface area contributed by atoms with Crippen LogP contribution in [-0.4, -0.2) is 135 Å². The van der Waals surface area contributed by atoms with Crippen molar-refractivity contribution < 1.29 is 0 Å². The average Bonchev–Trinajstić information content (AvgIpc) is 3.30. The van der Waals surface area contributed by atoms with E-state index in [0.717, 1.165) is 0 Å². The highest BCUT2D eigenvalue weighted by molar-refractivity contribution is 7.18. The van der Waals surface area contributed by atoms with Crippen LogP contribution < -0.4 is 59.7 Å². The lowest BCUT2D eigenvalue weighted by molar-refractivity contribution is 0.851. The fourth-order valence-corrected chi connectivity index (χ4v) is 19.2. The van der Waals surface area contributed by atoms with Crippen molar-refractivity contribution >= 4 is 74.8 Å². The van der Waals surface area contributed by atoms with Gasteiger partial charge in [-0.3, -0.25) is 0 Å². The maximum absolute atomic E-state index is 3.48. The predicted molar refractivity (Wildman–Crippen MR) is 282 cm³/mol. The van der Waals surface area contributed by atoms with Crippen LogP contribution in [0.4, 0.5) is 51.2 Å². The van der Waals surface area contributed by atoms with E-state index in [0.29, 0.717) is 0 Å². The fourth-order valence-electron chi connectivity index (χ4n) is 11.9. The zero-order chi connectivity index (χ0) is 47.0. The summed E-state index contributed by atoms with van der Waals surface area (Å²) in [5.41, 5.74) is 24.0. The third-order valence-electron chi connectivity index (χ3n) is 13.9. The third-order valence-corrected chi connectivity index (χ3v) is 20.0. The zero-order valence-electron chi connectivity index (χ0n) is 44.1. The van der Waals surface area contributed by atoms with E-state index in [4.69, 9.17) is 0 Å². The van der Waals surface area contributed by atoms with Gasteiger partial charge < -0.3 is 44.1 Å². The number of allylic oxidation sites excluding steroid dienone is 4. The Hall–Kier alpha value is -4.44. The first-order chi connectivity index (χ1) is 28.0. The molecular weight excluding hydrogens is 767 g/mol. The Morgan fingerprint density at radius 3 is 0.590 bits per heavy atom.